The van der Waals surface area contributed by atoms with Crippen LogP contribution >= 0.6 is 7.82 Å². The molecule has 3 aliphatic rings. The zero-order valence-electron chi connectivity index (χ0n) is 50.9. The highest BCUT2D eigenvalue weighted by Crippen LogP contribution is 2.49. The number of ether oxygens (including phenoxy) is 6. The summed E-state index contributed by atoms with van der Waals surface area (Å²) in [5, 5.41) is 117. The summed E-state index contributed by atoms with van der Waals surface area (Å²) in [5.41, 5.74) is 0. The molecule has 0 amide bonds. The van der Waals surface area contributed by atoms with Crippen molar-refractivity contribution in [2.45, 2.75) is 337 Å². The lowest BCUT2D eigenvalue weighted by Gasteiger charge is -2.49. The molecule has 1 aliphatic carbocycles. The van der Waals surface area contributed by atoms with Crippen LogP contribution in [0.2, 0.25) is 0 Å². The van der Waals surface area contributed by atoms with Crippen molar-refractivity contribution in [2.24, 2.45) is 5.92 Å². The van der Waals surface area contributed by atoms with Gasteiger partial charge in [0, 0.05) is 12.8 Å². The van der Waals surface area contributed by atoms with Crippen molar-refractivity contribution in [3.8, 4) is 0 Å². The number of phosphoric acid groups is 1. The summed E-state index contributed by atoms with van der Waals surface area (Å²) in [6.07, 6.45) is 0.645. The van der Waals surface area contributed by atoms with Gasteiger partial charge in [-0.2, -0.15) is 0 Å². The van der Waals surface area contributed by atoms with Gasteiger partial charge in [-0.25, -0.2) is 4.57 Å². The van der Waals surface area contributed by atoms with E-state index in [1.807, 2.05) is 0 Å². The number of phosphoric ester groups is 1. The van der Waals surface area contributed by atoms with E-state index < -0.39 is 150 Å². The molecule has 23 nitrogen and oxygen atoms in total. The van der Waals surface area contributed by atoms with E-state index in [9.17, 15) is 75.2 Å². The summed E-state index contributed by atoms with van der Waals surface area (Å²) in [7, 11) is -5.64. The standard InChI is InChI=1S/C60H113O23P/c1-4-6-8-10-12-13-14-15-16-17-18-19-20-21-22-28-32-36-46(64)78-42(39-76-45(63)35-31-27-24-23-26-30-34-41(3)33-29-25-11-9-7-5-2)40-77-84(74,75)83-58-56(81-59-54(72)49(67)47(65)43(37-61)79-59)52(70)51(69)53(71)57(58)82-60-55(73)50(68)48(66)44(38-62)80-60/h41-44,47-62,65-73H,4-40H2,1-3H3,(H,74,75). The second kappa shape index (κ2) is 44.0. The van der Waals surface area contributed by atoms with Crippen LogP contribution in [0.3, 0.4) is 0 Å². The average Bonchev–Trinajstić information content (AvgIpc) is 2.69. The molecular formula is C60H113O23P. The molecular weight excluding hydrogens is 1120 g/mol. The minimum Gasteiger partial charge on any atom is -0.462 e. The molecule has 24 heteroatoms. The van der Waals surface area contributed by atoms with Crippen molar-refractivity contribution in [3.05, 3.63) is 0 Å². The molecule has 2 heterocycles. The molecule has 0 bridgehead atoms. The normalized spacial score (nSPS) is 30.7. The predicted octanol–water partition coefficient (Wildman–Crippen LogP) is 5.96. The van der Waals surface area contributed by atoms with Crippen molar-refractivity contribution in [1.29, 1.82) is 0 Å². The number of hydrogen-bond acceptors (Lipinski definition) is 22. The lowest BCUT2D eigenvalue weighted by molar-refractivity contribution is -0.360. The molecule has 84 heavy (non-hydrogen) atoms. The summed E-state index contributed by atoms with van der Waals surface area (Å²) in [4.78, 5) is 37.7. The van der Waals surface area contributed by atoms with Crippen molar-refractivity contribution < 1.29 is 113 Å². The zero-order valence-corrected chi connectivity index (χ0v) is 51.8. The Hall–Kier alpha value is -1.55. The van der Waals surface area contributed by atoms with Gasteiger partial charge in [0.05, 0.1) is 19.8 Å². The minimum atomic E-state index is -5.64. The third-order valence-electron chi connectivity index (χ3n) is 16.6. The monoisotopic (exact) mass is 1230 g/mol. The number of carbonyl (C=O) groups excluding carboxylic acids is 2. The molecule has 0 radical (unpaired) electrons. The number of unbranched alkanes of at least 4 members (excludes halogenated alkanes) is 26. The number of hydrogen-bond donors (Lipinski definition) is 12. The van der Waals surface area contributed by atoms with Crippen LogP contribution in [-0.2, 0) is 51.6 Å². The van der Waals surface area contributed by atoms with Crippen LogP contribution in [0.15, 0.2) is 0 Å². The molecule has 17 atom stereocenters. The highest BCUT2D eigenvalue weighted by Gasteiger charge is 2.58. The second-order valence-corrected chi connectivity index (χ2v) is 25.3. The Balaban J connectivity index is 1.66. The van der Waals surface area contributed by atoms with Gasteiger partial charge in [0.2, 0.25) is 0 Å². The number of rotatable bonds is 48. The van der Waals surface area contributed by atoms with E-state index in [0.717, 1.165) is 64.2 Å². The van der Waals surface area contributed by atoms with E-state index in [4.69, 9.17) is 37.5 Å². The summed E-state index contributed by atoms with van der Waals surface area (Å²) in [6.45, 7) is 3.38. The summed E-state index contributed by atoms with van der Waals surface area (Å²) >= 11 is 0. The Labute approximate surface area is 500 Å². The highest BCUT2D eigenvalue weighted by atomic mass is 31.2. The first-order valence-corrected chi connectivity index (χ1v) is 33.8. The van der Waals surface area contributed by atoms with Gasteiger partial charge in [-0.05, 0) is 18.8 Å². The number of aliphatic hydroxyl groups excluding tert-OH is 11. The van der Waals surface area contributed by atoms with Gasteiger partial charge in [-0.15, -0.1) is 0 Å². The maximum Gasteiger partial charge on any atom is 0.472 e. The Bertz CT molecular complexity index is 1680. The summed E-state index contributed by atoms with van der Waals surface area (Å²) in [5.74, 6) is -0.615. The van der Waals surface area contributed by atoms with E-state index in [1.54, 1.807) is 0 Å². The molecule has 17 unspecified atom stereocenters. The first-order valence-electron chi connectivity index (χ1n) is 32.3. The van der Waals surface area contributed by atoms with Crippen LogP contribution in [0.4, 0.5) is 0 Å². The topological polar surface area (TPSA) is 368 Å². The van der Waals surface area contributed by atoms with Gasteiger partial charge < -0.3 is 89.5 Å². The van der Waals surface area contributed by atoms with Crippen molar-refractivity contribution in [1.82, 2.24) is 0 Å². The fraction of sp³-hybridized carbons (Fsp3) is 0.967. The van der Waals surface area contributed by atoms with Gasteiger partial charge in [0.15, 0.2) is 18.7 Å². The van der Waals surface area contributed by atoms with Gasteiger partial charge in [-0.1, -0.05) is 207 Å². The van der Waals surface area contributed by atoms with Crippen LogP contribution in [0.1, 0.15) is 233 Å². The van der Waals surface area contributed by atoms with Gasteiger partial charge in [0.25, 0.3) is 0 Å². The van der Waals surface area contributed by atoms with Crippen LogP contribution in [0.5, 0.6) is 0 Å². The van der Waals surface area contributed by atoms with E-state index in [2.05, 4.69) is 20.8 Å². The Morgan fingerprint density at radius 3 is 1.17 bits per heavy atom. The zero-order chi connectivity index (χ0) is 61.9. The number of esters is 2. The third-order valence-corrected chi connectivity index (χ3v) is 17.6. The molecule has 12 N–H and O–H groups in total. The average molecular weight is 1230 g/mol. The van der Waals surface area contributed by atoms with E-state index in [0.29, 0.717) is 18.8 Å². The largest absolute Gasteiger partial charge is 0.472 e. The molecule has 496 valence electrons. The van der Waals surface area contributed by atoms with E-state index in [-0.39, 0.29) is 12.8 Å². The maximum absolute atomic E-state index is 14.1. The second-order valence-electron chi connectivity index (χ2n) is 23.9. The molecule has 0 aromatic heterocycles. The van der Waals surface area contributed by atoms with Crippen molar-refractivity contribution >= 4 is 19.8 Å². The number of aliphatic hydroxyl groups is 11. The summed E-state index contributed by atoms with van der Waals surface area (Å²) < 4.78 is 58.3. The minimum absolute atomic E-state index is 0.0253. The first-order chi connectivity index (χ1) is 40.3. The predicted molar refractivity (Wildman–Crippen MR) is 310 cm³/mol. The number of carbonyl (C=O) groups is 2. The molecule has 0 aromatic rings. The summed E-state index contributed by atoms with van der Waals surface area (Å²) in [6, 6.07) is 0. The molecule has 0 aromatic carbocycles. The fourth-order valence-corrected chi connectivity index (χ4v) is 12.1. The van der Waals surface area contributed by atoms with Crippen molar-refractivity contribution in [3.63, 3.8) is 0 Å². The molecule has 1 saturated carbocycles. The highest BCUT2D eigenvalue weighted by molar-refractivity contribution is 7.47. The SMILES string of the molecule is CCCCCCCCCCCCCCCCCCCC(=O)OC(COC(=O)CCCCCCCCC(C)CCCCCCCC)COP(=O)(O)OC1C(OC2OC(CO)C(O)C(O)C2O)C(O)C(O)C(O)C1OC1OC(CO)C(O)C(O)C1O. The molecule has 3 fully saturated rings. The Morgan fingerprint density at radius 2 is 0.786 bits per heavy atom. The lowest BCUT2D eigenvalue weighted by atomic mass is 9.84. The Kier molecular flexibility index (Phi) is 40.2. The lowest BCUT2D eigenvalue weighted by Crippen LogP contribution is -2.69. The third kappa shape index (κ3) is 28.9. The molecule has 2 aliphatic heterocycles. The quantitative estimate of drug-likeness (QED) is 0.0190. The molecule has 3 rings (SSSR count). The first kappa shape index (κ1) is 76.7. The van der Waals surface area contributed by atoms with Crippen LogP contribution < -0.4 is 0 Å². The van der Waals surface area contributed by atoms with E-state index in [1.165, 1.54) is 122 Å². The van der Waals surface area contributed by atoms with Gasteiger partial charge >= 0.3 is 19.8 Å². The van der Waals surface area contributed by atoms with Gasteiger partial charge in [-0.3, -0.25) is 18.6 Å². The van der Waals surface area contributed by atoms with Crippen LogP contribution in [0, 0.1) is 5.92 Å². The van der Waals surface area contributed by atoms with Crippen LogP contribution in [-0.4, -0.2) is 204 Å². The van der Waals surface area contributed by atoms with E-state index >= 15 is 0 Å². The molecule has 2 saturated heterocycles. The smallest absolute Gasteiger partial charge is 0.462 e. The van der Waals surface area contributed by atoms with Crippen molar-refractivity contribution in [2.75, 3.05) is 26.4 Å². The maximum atomic E-state index is 14.1. The Morgan fingerprint density at radius 1 is 0.440 bits per heavy atom. The molecule has 0 spiro atoms. The fourth-order valence-electron chi connectivity index (χ4n) is 11.1. The van der Waals surface area contributed by atoms with Crippen LogP contribution in [0.25, 0.3) is 0 Å². The van der Waals surface area contributed by atoms with Gasteiger partial charge in [0.1, 0.15) is 92.1 Å².